The number of hydrogen-bond acceptors (Lipinski definition) is 6. The molecule has 0 saturated heterocycles. The number of ether oxygens (including phenoxy) is 1. The summed E-state index contributed by atoms with van der Waals surface area (Å²) in [7, 11) is 0. The summed E-state index contributed by atoms with van der Waals surface area (Å²) in [4.78, 5) is 20.6. The molecular formula is C23H17ClF3N3O4. The van der Waals surface area contributed by atoms with Gasteiger partial charge < -0.3 is 20.3 Å². The fraction of sp³-hybridized carbons (Fsp3) is 0.174. The number of aliphatic hydroxyl groups is 2. The van der Waals surface area contributed by atoms with Gasteiger partial charge in [0.15, 0.2) is 0 Å². The van der Waals surface area contributed by atoms with Gasteiger partial charge in [-0.15, -0.1) is 11.6 Å². The molecule has 3 N–H and O–H groups in total. The van der Waals surface area contributed by atoms with Crippen LogP contribution in [0.15, 0.2) is 54.9 Å². The molecule has 3 atom stereocenters. The van der Waals surface area contributed by atoms with Crippen molar-refractivity contribution in [2.45, 2.75) is 18.3 Å². The van der Waals surface area contributed by atoms with Gasteiger partial charge in [-0.25, -0.2) is 18.2 Å². The van der Waals surface area contributed by atoms with Crippen molar-refractivity contribution in [1.29, 1.82) is 0 Å². The molecular weight excluding hydrogens is 475 g/mol. The summed E-state index contributed by atoms with van der Waals surface area (Å²) in [6.07, 6.45) is 0.574. The zero-order valence-corrected chi connectivity index (χ0v) is 18.0. The molecule has 4 rings (SSSR count). The van der Waals surface area contributed by atoms with Crippen molar-refractivity contribution in [3.05, 3.63) is 83.6 Å². The van der Waals surface area contributed by atoms with Crippen molar-refractivity contribution in [3.63, 3.8) is 0 Å². The van der Waals surface area contributed by atoms with E-state index in [1.165, 1.54) is 24.5 Å². The number of rotatable bonds is 5. The number of alkyl halides is 1. The van der Waals surface area contributed by atoms with Crippen LogP contribution in [-0.4, -0.2) is 50.3 Å². The third kappa shape index (κ3) is 4.60. The van der Waals surface area contributed by atoms with Gasteiger partial charge in [0.25, 0.3) is 5.91 Å². The van der Waals surface area contributed by atoms with Crippen molar-refractivity contribution in [1.82, 2.24) is 9.97 Å². The predicted molar refractivity (Wildman–Crippen MR) is 117 cm³/mol. The molecule has 3 unspecified atom stereocenters. The van der Waals surface area contributed by atoms with Gasteiger partial charge in [0.05, 0.1) is 23.3 Å². The molecule has 11 heteroatoms. The first-order valence-electron chi connectivity index (χ1n) is 9.97. The standard InChI is InChI=1S/C23H17ClF3N3O4/c24-9-19-22(32)17(31)8-18(34-19)11-6-7-28-10-16(11)30-23(33)15-5-4-14(27)21(29-15)20-12(25)2-1-3-13(20)26/h1-8,10,17,19,22,31-32H,9H2,(H,30,33). The molecule has 0 aliphatic carbocycles. The summed E-state index contributed by atoms with van der Waals surface area (Å²) in [5.41, 5.74) is -1.22. The van der Waals surface area contributed by atoms with Gasteiger partial charge in [-0.3, -0.25) is 9.78 Å². The largest absolute Gasteiger partial charge is 0.486 e. The maximum atomic E-state index is 14.3. The van der Waals surface area contributed by atoms with Crippen LogP contribution >= 0.6 is 11.6 Å². The Kier molecular flexibility index (Phi) is 6.82. The molecule has 1 aliphatic rings. The Bertz CT molecular complexity index is 1250. The topological polar surface area (TPSA) is 105 Å². The summed E-state index contributed by atoms with van der Waals surface area (Å²) < 4.78 is 48.3. The van der Waals surface area contributed by atoms with E-state index in [9.17, 15) is 28.2 Å². The van der Waals surface area contributed by atoms with Crippen molar-refractivity contribution >= 4 is 29.0 Å². The molecule has 2 aromatic heterocycles. The molecule has 0 bridgehead atoms. The van der Waals surface area contributed by atoms with Crippen LogP contribution in [0.5, 0.6) is 0 Å². The van der Waals surface area contributed by atoms with Gasteiger partial charge in [-0.05, 0) is 36.4 Å². The van der Waals surface area contributed by atoms with Gasteiger partial charge in [0.1, 0.15) is 52.9 Å². The SMILES string of the molecule is O=C(Nc1cnccc1C1=CC(O)C(O)C(CCl)O1)c1ccc(F)c(-c2c(F)cccc2F)n1. The zero-order valence-electron chi connectivity index (χ0n) is 17.3. The molecule has 3 aromatic rings. The number of carbonyl (C=O) groups is 1. The fourth-order valence-corrected chi connectivity index (χ4v) is 3.63. The summed E-state index contributed by atoms with van der Waals surface area (Å²) in [5, 5.41) is 22.6. The maximum Gasteiger partial charge on any atom is 0.274 e. The van der Waals surface area contributed by atoms with E-state index in [2.05, 4.69) is 15.3 Å². The van der Waals surface area contributed by atoms with E-state index >= 15 is 0 Å². The first-order valence-corrected chi connectivity index (χ1v) is 10.5. The fourth-order valence-electron chi connectivity index (χ4n) is 3.38. The van der Waals surface area contributed by atoms with Gasteiger partial charge in [-0.2, -0.15) is 0 Å². The average Bonchev–Trinajstić information content (AvgIpc) is 2.82. The summed E-state index contributed by atoms with van der Waals surface area (Å²) in [6.45, 7) is 0. The third-order valence-corrected chi connectivity index (χ3v) is 5.40. The minimum absolute atomic E-state index is 0.1000. The smallest absolute Gasteiger partial charge is 0.274 e. The molecule has 1 aliphatic heterocycles. The van der Waals surface area contributed by atoms with Crippen LogP contribution in [0.25, 0.3) is 17.0 Å². The van der Waals surface area contributed by atoms with Crippen LogP contribution in [0.4, 0.5) is 18.9 Å². The first kappa shape index (κ1) is 23.7. The molecule has 0 spiro atoms. The maximum absolute atomic E-state index is 14.3. The lowest BCUT2D eigenvalue weighted by molar-refractivity contribution is -0.0441. The van der Waals surface area contributed by atoms with E-state index in [0.717, 1.165) is 30.3 Å². The monoisotopic (exact) mass is 491 g/mol. The highest BCUT2D eigenvalue weighted by atomic mass is 35.5. The summed E-state index contributed by atoms with van der Waals surface area (Å²) >= 11 is 5.80. The Hall–Kier alpha value is -3.47. The number of carbonyl (C=O) groups excluding carboxylic acids is 1. The van der Waals surface area contributed by atoms with E-state index < -0.39 is 52.9 Å². The van der Waals surface area contributed by atoms with Crippen molar-refractivity contribution in [3.8, 4) is 11.3 Å². The lowest BCUT2D eigenvalue weighted by atomic mass is 10.0. The molecule has 7 nitrogen and oxygen atoms in total. The Labute approximate surface area is 196 Å². The highest BCUT2D eigenvalue weighted by Gasteiger charge is 2.33. The molecule has 3 heterocycles. The second-order valence-electron chi connectivity index (χ2n) is 7.32. The van der Waals surface area contributed by atoms with Crippen molar-refractivity contribution in [2.24, 2.45) is 0 Å². The average molecular weight is 492 g/mol. The third-order valence-electron chi connectivity index (χ3n) is 5.10. The van der Waals surface area contributed by atoms with E-state index in [1.54, 1.807) is 0 Å². The number of nitrogens with zero attached hydrogens (tertiary/aromatic N) is 2. The van der Waals surface area contributed by atoms with Crippen LogP contribution < -0.4 is 5.32 Å². The minimum Gasteiger partial charge on any atom is -0.486 e. The number of pyridine rings is 2. The Morgan fingerprint density at radius 3 is 2.53 bits per heavy atom. The van der Waals surface area contributed by atoms with E-state index in [1.807, 2.05) is 0 Å². The molecule has 1 amide bonds. The second-order valence-corrected chi connectivity index (χ2v) is 7.63. The molecule has 0 saturated carbocycles. The van der Waals surface area contributed by atoms with Crippen LogP contribution in [0, 0.1) is 17.5 Å². The number of aliphatic hydroxyl groups excluding tert-OH is 2. The van der Waals surface area contributed by atoms with Crippen LogP contribution in [0.2, 0.25) is 0 Å². The first-order chi connectivity index (χ1) is 16.3. The number of benzene rings is 1. The number of hydrogen-bond donors (Lipinski definition) is 3. The Morgan fingerprint density at radius 2 is 1.82 bits per heavy atom. The number of anilines is 1. The summed E-state index contributed by atoms with van der Waals surface area (Å²) in [5.74, 6) is -3.86. The minimum atomic E-state index is -1.26. The number of nitrogens with one attached hydrogen (secondary N) is 1. The van der Waals surface area contributed by atoms with Crippen molar-refractivity contribution < 1.29 is 32.9 Å². The Morgan fingerprint density at radius 1 is 1.09 bits per heavy atom. The molecule has 176 valence electrons. The number of aromatic nitrogens is 2. The molecule has 1 aromatic carbocycles. The van der Waals surface area contributed by atoms with Crippen LogP contribution in [0.3, 0.4) is 0 Å². The lowest BCUT2D eigenvalue weighted by Gasteiger charge is -2.31. The molecule has 0 fully saturated rings. The van der Waals surface area contributed by atoms with Gasteiger partial charge >= 0.3 is 0 Å². The number of amides is 1. The van der Waals surface area contributed by atoms with Gasteiger partial charge in [0, 0.05) is 11.8 Å². The second kappa shape index (κ2) is 9.80. The Balaban J connectivity index is 1.66. The molecule has 0 radical (unpaired) electrons. The highest BCUT2D eigenvalue weighted by Crippen LogP contribution is 2.31. The van der Waals surface area contributed by atoms with E-state index in [-0.39, 0.29) is 23.0 Å². The van der Waals surface area contributed by atoms with Gasteiger partial charge in [-0.1, -0.05) is 6.07 Å². The summed E-state index contributed by atoms with van der Waals surface area (Å²) in [6, 6.07) is 6.46. The van der Waals surface area contributed by atoms with Crippen LogP contribution in [-0.2, 0) is 4.74 Å². The number of halogens is 4. The van der Waals surface area contributed by atoms with Crippen molar-refractivity contribution in [2.75, 3.05) is 11.2 Å². The lowest BCUT2D eigenvalue weighted by Crippen LogP contribution is -2.42. The van der Waals surface area contributed by atoms with Gasteiger partial charge in [0.2, 0.25) is 0 Å². The van der Waals surface area contributed by atoms with Crippen LogP contribution in [0.1, 0.15) is 16.1 Å². The zero-order chi connectivity index (χ0) is 24.4. The quantitative estimate of drug-likeness (QED) is 0.472. The van der Waals surface area contributed by atoms with E-state index in [4.69, 9.17) is 16.3 Å². The van der Waals surface area contributed by atoms with E-state index in [0.29, 0.717) is 5.56 Å². The highest BCUT2D eigenvalue weighted by molar-refractivity contribution is 6.18. The normalized spacial score (nSPS) is 19.8. The predicted octanol–water partition coefficient (Wildman–Crippen LogP) is 3.51. The molecule has 34 heavy (non-hydrogen) atoms.